The summed E-state index contributed by atoms with van der Waals surface area (Å²) in [5.41, 5.74) is 5.39. The Kier molecular flexibility index (Phi) is 2.49. The molecule has 1 heterocycles. The van der Waals surface area contributed by atoms with Gasteiger partial charge in [0.25, 0.3) is 0 Å². The van der Waals surface area contributed by atoms with Crippen LogP contribution in [0, 0.1) is 11.3 Å². The van der Waals surface area contributed by atoms with Crippen molar-refractivity contribution in [2.75, 3.05) is 26.2 Å². The molecule has 3 N–H and O–H groups in total. The van der Waals surface area contributed by atoms with Gasteiger partial charge in [-0.05, 0) is 19.3 Å². The number of carbonyl (C=O) groups is 1. The maximum absolute atomic E-state index is 12.0. The zero-order chi connectivity index (χ0) is 10.2. The molecule has 1 aliphatic heterocycles. The molecule has 0 bridgehead atoms. The lowest BCUT2D eigenvalue weighted by Crippen LogP contribution is -2.39. The van der Waals surface area contributed by atoms with Gasteiger partial charge < -0.3 is 15.7 Å². The number of likely N-dealkylation sites (tertiary alicyclic amines) is 1. The highest BCUT2D eigenvalue weighted by Gasteiger charge is 2.51. The minimum Gasteiger partial charge on any atom is -0.396 e. The van der Waals surface area contributed by atoms with Gasteiger partial charge in [-0.25, -0.2) is 0 Å². The lowest BCUT2D eigenvalue weighted by atomic mass is 10.1. The molecule has 1 saturated carbocycles. The van der Waals surface area contributed by atoms with E-state index in [4.69, 9.17) is 10.8 Å². The molecule has 4 nitrogen and oxygen atoms in total. The van der Waals surface area contributed by atoms with E-state index in [0.717, 1.165) is 32.4 Å². The van der Waals surface area contributed by atoms with Crippen molar-refractivity contribution in [2.45, 2.75) is 19.3 Å². The SMILES string of the molecule is NCC1(C(=O)N2CCC(CO)C2)CC1. The molecule has 1 atom stereocenters. The summed E-state index contributed by atoms with van der Waals surface area (Å²) in [7, 11) is 0. The molecule has 2 aliphatic rings. The van der Waals surface area contributed by atoms with Crippen molar-refractivity contribution >= 4 is 5.91 Å². The first-order valence-corrected chi connectivity index (χ1v) is 5.32. The summed E-state index contributed by atoms with van der Waals surface area (Å²) in [6, 6.07) is 0. The number of hydrogen-bond donors (Lipinski definition) is 2. The number of hydrogen-bond acceptors (Lipinski definition) is 3. The molecule has 2 fully saturated rings. The Balaban J connectivity index is 1.93. The second-order valence-electron chi connectivity index (χ2n) is 4.57. The van der Waals surface area contributed by atoms with E-state index in [0.29, 0.717) is 6.54 Å². The van der Waals surface area contributed by atoms with E-state index in [1.165, 1.54) is 0 Å². The molecular formula is C10H18N2O2. The van der Waals surface area contributed by atoms with Gasteiger partial charge in [-0.15, -0.1) is 0 Å². The lowest BCUT2D eigenvalue weighted by Gasteiger charge is -2.21. The van der Waals surface area contributed by atoms with Crippen molar-refractivity contribution < 1.29 is 9.90 Å². The molecule has 2 rings (SSSR count). The first-order valence-electron chi connectivity index (χ1n) is 5.32. The van der Waals surface area contributed by atoms with E-state index in [1.807, 2.05) is 4.90 Å². The number of carbonyl (C=O) groups excluding carboxylic acids is 1. The molecule has 0 aromatic carbocycles. The average molecular weight is 198 g/mol. The average Bonchev–Trinajstić information content (AvgIpc) is 2.88. The van der Waals surface area contributed by atoms with Crippen molar-refractivity contribution in [1.82, 2.24) is 4.90 Å². The quantitative estimate of drug-likeness (QED) is 0.646. The third-order valence-corrected chi connectivity index (χ3v) is 3.53. The van der Waals surface area contributed by atoms with Crippen LogP contribution in [0.2, 0.25) is 0 Å². The fourth-order valence-electron chi connectivity index (χ4n) is 2.16. The number of rotatable bonds is 3. The predicted octanol–water partition coefficient (Wildman–Crippen LogP) is -0.434. The van der Waals surface area contributed by atoms with Gasteiger partial charge in [-0.1, -0.05) is 0 Å². The van der Waals surface area contributed by atoms with Gasteiger partial charge in [0.2, 0.25) is 5.91 Å². The van der Waals surface area contributed by atoms with Crippen LogP contribution in [0.5, 0.6) is 0 Å². The van der Waals surface area contributed by atoms with Gasteiger partial charge in [-0.2, -0.15) is 0 Å². The molecule has 1 saturated heterocycles. The standard InChI is InChI=1S/C10H18N2O2/c11-7-10(2-3-10)9(14)12-4-1-8(5-12)6-13/h8,13H,1-7,11H2. The Morgan fingerprint density at radius 2 is 2.29 bits per heavy atom. The highest BCUT2D eigenvalue weighted by atomic mass is 16.3. The van der Waals surface area contributed by atoms with Gasteiger partial charge in [-0.3, -0.25) is 4.79 Å². The number of nitrogens with two attached hydrogens (primary N) is 1. The second kappa shape index (κ2) is 3.51. The second-order valence-corrected chi connectivity index (χ2v) is 4.57. The maximum atomic E-state index is 12.0. The molecular weight excluding hydrogens is 180 g/mol. The first-order chi connectivity index (χ1) is 6.72. The van der Waals surface area contributed by atoms with Crippen LogP contribution >= 0.6 is 0 Å². The molecule has 0 aromatic rings. The highest BCUT2D eigenvalue weighted by Crippen LogP contribution is 2.46. The minimum atomic E-state index is -0.218. The minimum absolute atomic E-state index is 0.194. The van der Waals surface area contributed by atoms with Crippen molar-refractivity contribution in [3.8, 4) is 0 Å². The summed E-state index contributed by atoms with van der Waals surface area (Å²) < 4.78 is 0. The van der Waals surface area contributed by atoms with Gasteiger partial charge in [0, 0.05) is 32.2 Å². The van der Waals surface area contributed by atoms with Gasteiger partial charge >= 0.3 is 0 Å². The number of aliphatic hydroxyl groups is 1. The van der Waals surface area contributed by atoms with Crippen molar-refractivity contribution in [3.05, 3.63) is 0 Å². The largest absolute Gasteiger partial charge is 0.396 e. The van der Waals surface area contributed by atoms with Crippen LogP contribution in [0.1, 0.15) is 19.3 Å². The van der Waals surface area contributed by atoms with Crippen LogP contribution in [0.15, 0.2) is 0 Å². The normalized spacial score (nSPS) is 29.3. The van der Waals surface area contributed by atoms with E-state index >= 15 is 0 Å². The fraction of sp³-hybridized carbons (Fsp3) is 0.900. The zero-order valence-corrected chi connectivity index (χ0v) is 8.41. The van der Waals surface area contributed by atoms with Gasteiger partial charge in [0.1, 0.15) is 0 Å². The Labute approximate surface area is 84.1 Å². The van der Waals surface area contributed by atoms with Crippen LogP contribution in [-0.4, -0.2) is 42.2 Å². The van der Waals surface area contributed by atoms with Gasteiger partial charge in [0.15, 0.2) is 0 Å². The van der Waals surface area contributed by atoms with Crippen molar-refractivity contribution in [2.24, 2.45) is 17.1 Å². The Morgan fingerprint density at radius 1 is 1.57 bits per heavy atom. The van der Waals surface area contributed by atoms with Crippen molar-refractivity contribution in [1.29, 1.82) is 0 Å². The van der Waals surface area contributed by atoms with Gasteiger partial charge in [0.05, 0.1) is 5.41 Å². The Bertz CT molecular complexity index is 238. The smallest absolute Gasteiger partial charge is 0.230 e. The Hall–Kier alpha value is -0.610. The van der Waals surface area contributed by atoms with E-state index in [1.54, 1.807) is 0 Å². The van der Waals surface area contributed by atoms with Crippen LogP contribution in [0.3, 0.4) is 0 Å². The number of nitrogens with zero attached hydrogens (tertiary/aromatic N) is 1. The molecule has 0 radical (unpaired) electrons. The van der Waals surface area contributed by atoms with Crippen LogP contribution in [0.4, 0.5) is 0 Å². The van der Waals surface area contributed by atoms with E-state index in [9.17, 15) is 4.79 Å². The van der Waals surface area contributed by atoms with Crippen LogP contribution < -0.4 is 5.73 Å². The summed E-state index contributed by atoms with van der Waals surface area (Å²) in [6.45, 7) is 2.19. The van der Waals surface area contributed by atoms with E-state index in [-0.39, 0.29) is 23.8 Å². The van der Waals surface area contributed by atoms with Crippen molar-refractivity contribution in [3.63, 3.8) is 0 Å². The summed E-state index contributed by atoms with van der Waals surface area (Å²) in [5, 5.41) is 8.98. The van der Waals surface area contributed by atoms with E-state index < -0.39 is 0 Å². The lowest BCUT2D eigenvalue weighted by molar-refractivity contribution is -0.135. The van der Waals surface area contributed by atoms with Crippen LogP contribution in [-0.2, 0) is 4.79 Å². The first kappa shape index (κ1) is 9.93. The highest BCUT2D eigenvalue weighted by molar-refractivity contribution is 5.85. The molecule has 1 unspecified atom stereocenters. The molecule has 0 aromatic heterocycles. The molecule has 0 spiro atoms. The topological polar surface area (TPSA) is 66.6 Å². The third-order valence-electron chi connectivity index (χ3n) is 3.53. The third kappa shape index (κ3) is 1.53. The molecule has 14 heavy (non-hydrogen) atoms. The fourth-order valence-corrected chi connectivity index (χ4v) is 2.16. The Morgan fingerprint density at radius 3 is 2.71 bits per heavy atom. The zero-order valence-electron chi connectivity index (χ0n) is 8.41. The number of aliphatic hydroxyl groups excluding tert-OH is 1. The number of amides is 1. The molecule has 1 aliphatic carbocycles. The summed E-state index contributed by atoms with van der Waals surface area (Å²) in [6.07, 6.45) is 2.83. The molecule has 80 valence electrons. The summed E-state index contributed by atoms with van der Waals surface area (Å²) in [5.74, 6) is 0.503. The molecule has 1 amide bonds. The summed E-state index contributed by atoms with van der Waals surface area (Å²) in [4.78, 5) is 13.9. The maximum Gasteiger partial charge on any atom is 0.230 e. The molecule has 4 heteroatoms. The van der Waals surface area contributed by atoms with Crippen LogP contribution in [0.25, 0.3) is 0 Å². The monoisotopic (exact) mass is 198 g/mol. The van der Waals surface area contributed by atoms with E-state index in [2.05, 4.69) is 0 Å². The predicted molar refractivity (Wildman–Crippen MR) is 52.5 cm³/mol. The summed E-state index contributed by atoms with van der Waals surface area (Å²) >= 11 is 0.